The molecular weight excluding hydrogens is 376 g/mol. The predicted octanol–water partition coefficient (Wildman–Crippen LogP) is 3.75. The number of furan rings is 1. The molecule has 0 saturated carbocycles. The van der Waals surface area contributed by atoms with Crippen LogP contribution in [0.2, 0.25) is 5.02 Å². The van der Waals surface area contributed by atoms with Crippen molar-refractivity contribution in [3.05, 3.63) is 70.4 Å². The first-order valence-electron chi connectivity index (χ1n) is 7.80. The van der Waals surface area contributed by atoms with Gasteiger partial charge in [0.15, 0.2) is 5.16 Å². The van der Waals surface area contributed by atoms with Crippen molar-refractivity contribution in [1.29, 1.82) is 0 Å². The normalized spacial score (nSPS) is 10.9. The largest absolute Gasteiger partial charge is 0.463 e. The summed E-state index contributed by atoms with van der Waals surface area (Å²) in [6, 6.07) is 10.9. The number of aliphatic hydroxyl groups is 1. The van der Waals surface area contributed by atoms with E-state index in [-0.39, 0.29) is 12.4 Å². The number of hydrogen-bond donors (Lipinski definition) is 1. The number of ether oxygens (including phenoxy) is 1. The highest BCUT2D eigenvalue weighted by molar-refractivity contribution is 7.98. The zero-order chi connectivity index (χ0) is 18.5. The number of hydrogen-bond acceptors (Lipinski definition) is 6. The van der Waals surface area contributed by atoms with Crippen LogP contribution >= 0.6 is 23.4 Å². The Morgan fingerprint density at radius 2 is 2.08 bits per heavy atom. The lowest BCUT2D eigenvalue weighted by Crippen LogP contribution is -2.06. The number of nitrogens with zero attached hydrogens (tertiary/aromatic N) is 2. The molecule has 3 rings (SSSR count). The Bertz CT molecular complexity index is 889. The summed E-state index contributed by atoms with van der Waals surface area (Å²) in [4.78, 5) is 15.8. The highest BCUT2D eigenvalue weighted by Crippen LogP contribution is 2.25. The van der Waals surface area contributed by atoms with E-state index < -0.39 is 5.97 Å². The summed E-state index contributed by atoms with van der Waals surface area (Å²) >= 11 is 7.39. The molecule has 0 bridgehead atoms. The van der Waals surface area contributed by atoms with Gasteiger partial charge >= 0.3 is 5.97 Å². The summed E-state index contributed by atoms with van der Waals surface area (Å²) in [6.45, 7) is 0.468. The quantitative estimate of drug-likeness (QED) is 0.487. The van der Waals surface area contributed by atoms with Crippen molar-refractivity contribution in [2.45, 2.75) is 24.1 Å². The molecule has 0 spiro atoms. The summed E-state index contributed by atoms with van der Waals surface area (Å²) < 4.78 is 12.0. The van der Waals surface area contributed by atoms with Crippen LogP contribution in [0.5, 0.6) is 0 Å². The zero-order valence-electron chi connectivity index (χ0n) is 14.0. The zero-order valence-corrected chi connectivity index (χ0v) is 15.6. The molecule has 0 aliphatic heterocycles. The van der Waals surface area contributed by atoms with Gasteiger partial charge in [-0.25, -0.2) is 9.78 Å². The van der Waals surface area contributed by atoms with Gasteiger partial charge in [-0.05, 0) is 29.8 Å². The Balaban J connectivity index is 1.73. The van der Waals surface area contributed by atoms with Crippen LogP contribution in [-0.2, 0) is 23.6 Å². The van der Waals surface area contributed by atoms with Crippen molar-refractivity contribution in [3.63, 3.8) is 0 Å². The number of carbonyl (C=O) groups is 1. The van der Waals surface area contributed by atoms with E-state index in [0.717, 1.165) is 16.4 Å². The van der Waals surface area contributed by atoms with Gasteiger partial charge in [0.25, 0.3) is 0 Å². The van der Waals surface area contributed by atoms with E-state index in [2.05, 4.69) is 9.72 Å². The SMILES string of the molecule is COC(=O)c1ccc(CSc2ncc(CO)n2Cc2ccc(Cl)cc2)o1. The third-order valence-electron chi connectivity index (χ3n) is 3.71. The van der Waals surface area contributed by atoms with E-state index in [1.54, 1.807) is 18.3 Å². The Kier molecular flexibility index (Phi) is 6.03. The van der Waals surface area contributed by atoms with E-state index in [9.17, 15) is 9.90 Å². The van der Waals surface area contributed by atoms with Crippen LogP contribution in [0.15, 0.2) is 52.2 Å². The van der Waals surface area contributed by atoms with Crippen molar-refractivity contribution in [3.8, 4) is 0 Å². The van der Waals surface area contributed by atoms with Crippen LogP contribution in [0, 0.1) is 0 Å². The second kappa shape index (κ2) is 8.44. The third kappa shape index (κ3) is 4.30. The van der Waals surface area contributed by atoms with Gasteiger partial charge in [-0.15, -0.1) is 0 Å². The summed E-state index contributed by atoms with van der Waals surface area (Å²) in [5.74, 6) is 0.804. The maximum atomic E-state index is 11.4. The molecule has 2 aromatic heterocycles. The van der Waals surface area contributed by atoms with Gasteiger partial charge in [0, 0.05) is 11.6 Å². The van der Waals surface area contributed by atoms with E-state index in [1.165, 1.54) is 18.9 Å². The number of aliphatic hydroxyl groups excluding tert-OH is 1. The molecule has 26 heavy (non-hydrogen) atoms. The van der Waals surface area contributed by atoms with E-state index in [0.29, 0.717) is 23.1 Å². The summed E-state index contributed by atoms with van der Waals surface area (Å²) in [5.41, 5.74) is 1.77. The molecule has 2 heterocycles. The summed E-state index contributed by atoms with van der Waals surface area (Å²) in [7, 11) is 1.31. The number of rotatable bonds is 7. The number of thioether (sulfide) groups is 1. The standard InChI is InChI=1S/C18H17ClN2O4S/c1-24-17(23)16-7-6-15(25-16)11-26-18-20-8-14(10-22)21(18)9-12-2-4-13(19)5-3-12/h2-8,22H,9-11H2,1H3. The topological polar surface area (TPSA) is 77.5 Å². The van der Waals surface area contributed by atoms with Gasteiger partial charge in [-0.2, -0.15) is 0 Å². The molecule has 136 valence electrons. The molecule has 6 nitrogen and oxygen atoms in total. The van der Waals surface area contributed by atoms with Gasteiger partial charge in [-0.3, -0.25) is 0 Å². The molecule has 0 atom stereocenters. The average Bonchev–Trinajstić information content (AvgIpc) is 3.28. The Morgan fingerprint density at radius 1 is 1.31 bits per heavy atom. The first-order chi connectivity index (χ1) is 12.6. The number of carbonyl (C=O) groups excluding carboxylic acids is 1. The molecule has 0 radical (unpaired) electrons. The fraction of sp³-hybridized carbons (Fsp3) is 0.222. The molecule has 0 fully saturated rings. The Morgan fingerprint density at radius 3 is 2.77 bits per heavy atom. The van der Waals surface area contributed by atoms with Crippen molar-refractivity contribution >= 4 is 29.3 Å². The first kappa shape index (κ1) is 18.6. The smallest absolute Gasteiger partial charge is 0.373 e. The number of aromatic nitrogens is 2. The fourth-order valence-corrected chi connectivity index (χ4v) is 3.39. The minimum Gasteiger partial charge on any atom is -0.463 e. The predicted molar refractivity (Wildman–Crippen MR) is 98.3 cm³/mol. The molecule has 8 heteroatoms. The van der Waals surface area contributed by atoms with Crippen LogP contribution in [0.25, 0.3) is 0 Å². The van der Waals surface area contributed by atoms with Gasteiger partial charge in [0.05, 0.1) is 31.4 Å². The molecular formula is C18H17ClN2O4S. The molecule has 3 aromatic rings. The number of imidazole rings is 1. The highest BCUT2D eigenvalue weighted by atomic mass is 35.5. The van der Waals surface area contributed by atoms with Gasteiger partial charge in [0.2, 0.25) is 5.76 Å². The lowest BCUT2D eigenvalue weighted by molar-refractivity contribution is 0.0563. The number of esters is 1. The van der Waals surface area contributed by atoms with E-state index in [4.69, 9.17) is 16.0 Å². The van der Waals surface area contributed by atoms with Crippen LogP contribution in [0.3, 0.4) is 0 Å². The molecule has 0 unspecified atom stereocenters. The minimum absolute atomic E-state index is 0.103. The molecule has 0 amide bonds. The van der Waals surface area contributed by atoms with Crippen LogP contribution in [0.1, 0.15) is 27.6 Å². The van der Waals surface area contributed by atoms with E-state index in [1.807, 2.05) is 28.8 Å². The second-order valence-electron chi connectivity index (χ2n) is 5.45. The monoisotopic (exact) mass is 392 g/mol. The number of methoxy groups -OCH3 is 1. The van der Waals surface area contributed by atoms with Crippen LogP contribution in [-0.4, -0.2) is 27.7 Å². The summed E-state index contributed by atoms with van der Waals surface area (Å²) in [6.07, 6.45) is 1.65. The Hall–Kier alpha value is -2.22. The van der Waals surface area contributed by atoms with Gasteiger partial charge < -0.3 is 18.8 Å². The lowest BCUT2D eigenvalue weighted by Gasteiger charge is -2.10. The molecule has 0 aliphatic carbocycles. The van der Waals surface area contributed by atoms with Crippen molar-refractivity contribution < 1.29 is 19.1 Å². The average molecular weight is 393 g/mol. The Labute approximate surface area is 159 Å². The first-order valence-corrected chi connectivity index (χ1v) is 9.16. The van der Waals surface area contributed by atoms with Crippen LogP contribution in [0.4, 0.5) is 0 Å². The molecule has 0 aliphatic rings. The number of benzene rings is 1. The highest BCUT2D eigenvalue weighted by Gasteiger charge is 2.14. The van der Waals surface area contributed by atoms with Crippen molar-refractivity contribution in [1.82, 2.24) is 9.55 Å². The second-order valence-corrected chi connectivity index (χ2v) is 6.83. The maximum absolute atomic E-state index is 11.4. The lowest BCUT2D eigenvalue weighted by atomic mass is 10.2. The maximum Gasteiger partial charge on any atom is 0.373 e. The fourth-order valence-electron chi connectivity index (χ4n) is 2.38. The molecule has 1 N–H and O–H groups in total. The van der Waals surface area contributed by atoms with E-state index >= 15 is 0 Å². The van der Waals surface area contributed by atoms with Gasteiger partial charge in [0.1, 0.15) is 5.76 Å². The van der Waals surface area contributed by atoms with Crippen LogP contribution < -0.4 is 0 Å². The molecule has 0 saturated heterocycles. The van der Waals surface area contributed by atoms with Gasteiger partial charge in [-0.1, -0.05) is 35.5 Å². The van der Waals surface area contributed by atoms with Crippen molar-refractivity contribution in [2.75, 3.05) is 7.11 Å². The minimum atomic E-state index is -0.506. The third-order valence-corrected chi connectivity index (χ3v) is 4.97. The number of halogens is 1. The summed E-state index contributed by atoms with van der Waals surface area (Å²) in [5, 5.41) is 11.0. The molecule has 1 aromatic carbocycles. The van der Waals surface area contributed by atoms with Crippen molar-refractivity contribution in [2.24, 2.45) is 0 Å².